The molecule has 2 aliphatic rings. The summed E-state index contributed by atoms with van der Waals surface area (Å²) in [5, 5.41) is 0. The summed E-state index contributed by atoms with van der Waals surface area (Å²) in [5.41, 5.74) is 6.03. The maximum absolute atomic E-state index is 11.8. The highest BCUT2D eigenvalue weighted by Gasteiger charge is 2.25. The van der Waals surface area contributed by atoms with Crippen molar-refractivity contribution >= 4 is 9.84 Å². The van der Waals surface area contributed by atoms with Crippen LogP contribution in [0, 0.1) is 0 Å². The molecule has 5 heteroatoms. The van der Waals surface area contributed by atoms with E-state index in [9.17, 15) is 8.42 Å². The minimum absolute atomic E-state index is 0.201. The summed E-state index contributed by atoms with van der Waals surface area (Å²) in [6, 6.07) is 12.6. The van der Waals surface area contributed by atoms with Gasteiger partial charge in [0.2, 0.25) is 0 Å². The van der Waals surface area contributed by atoms with Gasteiger partial charge in [-0.05, 0) is 72.5 Å². The Bertz CT molecular complexity index is 968. The van der Waals surface area contributed by atoms with Gasteiger partial charge < -0.3 is 9.64 Å². The number of likely N-dealkylation sites (N-methyl/N-ethyl adjacent to an activating group) is 1. The molecule has 1 atom stereocenters. The molecule has 0 bridgehead atoms. The Morgan fingerprint density at radius 2 is 1.96 bits per heavy atom. The summed E-state index contributed by atoms with van der Waals surface area (Å²) in [4.78, 5) is 2.41. The first-order valence-corrected chi connectivity index (χ1v) is 11.9. The van der Waals surface area contributed by atoms with E-state index < -0.39 is 9.84 Å². The quantitative estimate of drug-likeness (QED) is 0.743. The zero-order valence-corrected chi connectivity index (χ0v) is 17.6. The molecule has 1 aliphatic carbocycles. The van der Waals surface area contributed by atoms with Gasteiger partial charge in [-0.15, -0.1) is 0 Å². The topological polar surface area (TPSA) is 46.6 Å². The van der Waals surface area contributed by atoms with Crippen LogP contribution in [-0.2, 0) is 34.2 Å². The lowest BCUT2D eigenvalue weighted by atomic mass is 9.82. The first-order valence-electron chi connectivity index (χ1n) is 10.1. The van der Waals surface area contributed by atoms with Crippen LogP contribution in [0.5, 0.6) is 5.75 Å². The van der Waals surface area contributed by atoms with Crippen LogP contribution < -0.4 is 4.74 Å². The van der Waals surface area contributed by atoms with Crippen LogP contribution in [-0.4, -0.2) is 40.6 Å². The van der Waals surface area contributed by atoms with Crippen molar-refractivity contribution in [2.24, 2.45) is 0 Å². The number of hydrogen-bond acceptors (Lipinski definition) is 4. The molecule has 28 heavy (non-hydrogen) atoms. The Morgan fingerprint density at radius 1 is 1.14 bits per heavy atom. The van der Waals surface area contributed by atoms with Crippen molar-refractivity contribution in [2.45, 2.75) is 43.1 Å². The summed E-state index contributed by atoms with van der Waals surface area (Å²) in [7, 11) is 1.02. The van der Waals surface area contributed by atoms with Gasteiger partial charge in [0.25, 0.3) is 0 Å². The van der Waals surface area contributed by atoms with Crippen molar-refractivity contribution in [3.63, 3.8) is 0 Å². The molecule has 0 saturated heterocycles. The molecule has 0 fully saturated rings. The lowest BCUT2D eigenvalue weighted by molar-refractivity contribution is 0.299. The van der Waals surface area contributed by atoms with Crippen LogP contribution in [0.3, 0.4) is 0 Å². The van der Waals surface area contributed by atoms with E-state index in [1.807, 2.05) is 6.07 Å². The fourth-order valence-electron chi connectivity index (χ4n) is 4.72. The standard InChI is InChI=1S/C23H29NO3S/c1-24(12-11-17-9-10-19-15-28(25,26)16-20(19)13-17)14-18-5-3-7-22-21(18)6-4-8-23(22)27-2/h4,6,8-10,13,18H,3,5,7,11-12,14-16H2,1-2H3/t18-/m0/s1. The van der Waals surface area contributed by atoms with Crippen molar-refractivity contribution in [1.29, 1.82) is 0 Å². The third-order valence-electron chi connectivity index (χ3n) is 6.14. The van der Waals surface area contributed by atoms with Gasteiger partial charge in [-0.25, -0.2) is 8.42 Å². The number of nitrogens with zero attached hydrogens (tertiary/aromatic N) is 1. The monoisotopic (exact) mass is 399 g/mol. The molecular weight excluding hydrogens is 370 g/mol. The normalized spacial score (nSPS) is 20.0. The SMILES string of the molecule is COc1cccc2c1CCC[C@H]2CN(C)CCc1ccc2c(c1)CS(=O)(=O)C2. The van der Waals surface area contributed by atoms with E-state index in [4.69, 9.17) is 4.74 Å². The van der Waals surface area contributed by atoms with Gasteiger partial charge in [0.15, 0.2) is 9.84 Å². The van der Waals surface area contributed by atoms with Gasteiger partial charge >= 0.3 is 0 Å². The van der Waals surface area contributed by atoms with Gasteiger partial charge in [0.05, 0.1) is 18.6 Å². The van der Waals surface area contributed by atoms with Crippen LogP contribution in [0.15, 0.2) is 36.4 Å². The molecule has 0 saturated carbocycles. The van der Waals surface area contributed by atoms with Gasteiger partial charge in [0.1, 0.15) is 5.75 Å². The number of benzene rings is 2. The Morgan fingerprint density at radius 3 is 2.79 bits per heavy atom. The van der Waals surface area contributed by atoms with E-state index in [0.717, 1.165) is 42.8 Å². The Labute approximate surface area is 168 Å². The lowest BCUT2D eigenvalue weighted by Gasteiger charge is -2.30. The van der Waals surface area contributed by atoms with Crippen LogP contribution in [0.2, 0.25) is 0 Å². The fourth-order valence-corrected chi connectivity index (χ4v) is 6.32. The van der Waals surface area contributed by atoms with E-state index in [1.165, 1.54) is 29.5 Å². The molecule has 1 aliphatic heterocycles. The summed E-state index contributed by atoms with van der Waals surface area (Å²) in [6.45, 7) is 2.01. The smallest absolute Gasteiger partial charge is 0.158 e. The van der Waals surface area contributed by atoms with Crippen molar-refractivity contribution < 1.29 is 13.2 Å². The molecule has 0 aromatic heterocycles. The van der Waals surface area contributed by atoms with E-state index in [2.05, 4.69) is 42.3 Å². The third-order valence-corrected chi connectivity index (χ3v) is 7.65. The van der Waals surface area contributed by atoms with E-state index in [0.29, 0.717) is 5.92 Å². The van der Waals surface area contributed by atoms with Gasteiger partial charge in [0, 0.05) is 13.1 Å². The van der Waals surface area contributed by atoms with Gasteiger partial charge in [-0.1, -0.05) is 30.3 Å². The number of hydrogen-bond donors (Lipinski definition) is 0. The van der Waals surface area contributed by atoms with E-state index in [-0.39, 0.29) is 11.5 Å². The highest BCUT2D eigenvalue weighted by Crippen LogP contribution is 2.37. The predicted molar refractivity (Wildman–Crippen MR) is 113 cm³/mol. The Hall–Kier alpha value is -1.85. The van der Waals surface area contributed by atoms with Gasteiger partial charge in [-0.2, -0.15) is 0 Å². The highest BCUT2D eigenvalue weighted by molar-refractivity contribution is 7.90. The Kier molecular flexibility index (Phi) is 5.48. The van der Waals surface area contributed by atoms with Crippen molar-refractivity contribution in [2.75, 3.05) is 27.2 Å². The number of methoxy groups -OCH3 is 1. The maximum atomic E-state index is 11.8. The van der Waals surface area contributed by atoms with Crippen LogP contribution in [0.25, 0.3) is 0 Å². The highest BCUT2D eigenvalue weighted by atomic mass is 32.2. The molecule has 1 heterocycles. The summed E-state index contributed by atoms with van der Waals surface area (Å²) >= 11 is 0. The van der Waals surface area contributed by atoms with Gasteiger partial charge in [-0.3, -0.25) is 0 Å². The second kappa shape index (κ2) is 7.88. The number of rotatable bonds is 6. The molecule has 0 amide bonds. The van der Waals surface area contributed by atoms with Crippen LogP contribution in [0.4, 0.5) is 0 Å². The largest absolute Gasteiger partial charge is 0.496 e. The second-order valence-corrected chi connectivity index (χ2v) is 10.3. The predicted octanol–water partition coefficient (Wildman–Crippen LogP) is 3.72. The average molecular weight is 400 g/mol. The maximum Gasteiger partial charge on any atom is 0.158 e. The zero-order chi connectivity index (χ0) is 19.7. The van der Waals surface area contributed by atoms with Crippen LogP contribution >= 0.6 is 0 Å². The fraction of sp³-hybridized carbons (Fsp3) is 0.478. The van der Waals surface area contributed by atoms with E-state index in [1.54, 1.807) is 7.11 Å². The molecule has 4 nitrogen and oxygen atoms in total. The molecule has 4 rings (SSSR count). The Balaban J connectivity index is 1.38. The number of fused-ring (bicyclic) bond motifs is 2. The van der Waals surface area contributed by atoms with Crippen molar-refractivity contribution in [3.05, 3.63) is 64.2 Å². The molecule has 0 N–H and O–H groups in total. The third kappa shape index (κ3) is 4.11. The van der Waals surface area contributed by atoms with E-state index >= 15 is 0 Å². The average Bonchev–Trinajstić information content (AvgIpc) is 2.99. The van der Waals surface area contributed by atoms with Crippen molar-refractivity contribution in [1.82, 2.24) is 4.90 Å². The summed E-state index contributed by atoms with van der Waals surface area (Å²) in [6.07, 6.45) is 4.49. The molecule has 150 valence electrons. The lowest BCUT2D eigenvalue weighted by Crippen LogP contribution is -2.28. The minimum atomic E-state index is -2.93. The molecule has 2 aromatic rings. The number of ether oxygens (including phenoxy) is 1. The van der Waals surface area contributed by atoms with Crippen LogP contribution in [0.1, 0.15) is 46.6 Å². The molecule has 0 unspecified atom stereocenters. The zero-order valence-electron chi connectivity index (χ0n) is 16.8. The molecular formula is C23H29NO3S. The molecule has 2 aromatic carbocycles. The number of sulfone groups is 1. The first kappa shape index (κ1) is 19.5. The second-order valence-electron chi connectivity index (χ2n) is 8.26. The molecule has 0 spiro atoms. The summed E-state index contributed by atoms with van der Waals surface area (Å²) in [5.74, 6) is 1.98. The minimum Gasteiger partial charge on any atom is -0.496 e. The summed E-state index contributed by atoms with van der Waals surface area (Å²) < 4.78 is 29.2. The first-order chi connectivity index (χ1) is 13.4. The van der Waals surface area contributed by atoms with Crippen molar-refractivity contribution in [3.8, 4) is 5.75 Å². The molecule has 0 radical (unpaired) electrons.